The molecule has 0 aromatic heterocycles. The third kappa shape index (κ3) is 3.45. The highest BCUT2D eigenvalue weighted by atomic mass is 16.2. The zero-order valence-electron chi connectivity index (χ0n) is 22.5. The molecule has 3 N–H and O–H groups in total. The Morgan fingerprint density at radius 2 is 1.18 bits per heavy atom. The van der Waals surface area contributed by atoms with Gasteiger partial charge in [0, 0.05) is 6.54 Å². The van der Waals surface area contributed by atoms with E-state index in [2.05, 4.69) is 54.9 Å². The van der Waals surface area contributed by atoms with Crippen LogP contribution in [-0.4, -0.2) is 18.4 Å². The van der Waals surface area contributed by atoms with E-state index in [1.54, 1.807) is 6.08 Å². The molecule has 198 valence electrons. The van der Waals surface area contributed by atoms with Crippen molar-refractivity contribution in [2.45, 2.75) is 30.1 Å². The van der Waals surface area contributed by atoms with Crippen molar-refractivity contribution in [1.29, 1.82) is 0 Å². The van der Waals surface area contributed by atoms with Crippen LogP contribution in [-0.2, 0) is 26.8 Å². The molecule has 4 heteroatoms. The highest BCUT2D eigenvalue weighted by Crippen LogP contribution is 2.53. The van der Waals surface area contributed by atoms with Gasteiger partial charge in [-0.1, -0.05) is 103 Å². The molecule has 0 aliphatic heterocycles. The number of benzene rings is 4. The van der Waals surface area contributed by atoms with Crippen molar-refractivity contribution < 1.29 is 9.59 Å². The van der Waals surface area contributed by atoms with Crippen molar-refractivity contribution in [3.05, 3.63) is 144 Å². The Kier molecular flexibility index (Phi) is 6.26. The molecule has 2 aliphatic carbocycles. The van der Waals surface area contributed by atoms with E-state index in [9.17, 15) is 9.59 Å². The average Bonchev–Trinajstić information content (AvgIpc) is 3.43. The maximum absolute atomic E-state index is 14.2. The Morgan fingerprint density at radius 1 is 0.675 bits per heavy atom. The van der Waals surface area contributed by atoms with Crippen molar-refractivity contribution in [3.63, 3.8) is 0 Å². The van der Waals surface area contributed by atoms with Crippen LogP contribution in [0.4, 0.5) is 0 Å². The summed E-state index contributed by atoms with van der Waals surface area (Å²) in [6.07, 6.45) is 5.14. The highest BCUT2D eigenvalue weighted by molar-refractivity contribution is 6.02. The summed E-state index contributed by atoms with van der Waals surface area (Å²) in [5, 5.41) is 3.27. The molecule has 0 radical (unpaired) electrons. The fourth-order valence-electron chi connectivity index (χ4n) is 7.06. The largest absolute Gasteiger partial charge is 0.369 e. The van der Waals surface area contributed by atoms with E-state index in [-0.39, 0.29) is 11.8 Å². The van der Waals surface area contributed by atoms with E-state index < -0.39 is 10.8 Å². The summed E-state index contributed by atoms with van der Waals surface area (Å²) in [6, 6.07) is 30.3. The zero-order valence-corrected chi connectivity index (χ0v) is 22.5. The predicted octanol–water partition coefficient (Wildman–Crippen LogP) is 6.22. The molecule has 0 fully saturated rings. The Hall–Kier alpha value is -4.70. The average molecular weight is 525 g/mol. The number of carbonyl (C=O) groups excluding carboxylic acids is 2. The molecule has 0 saturated heterocycles. The van der Waals surface area contributed by atoms with Gasteiger partial charge in [-0.2, -0.15) is 0 Å². The van der Waals surface area contributed by atoms with Gasteiger partial charge in [0.25, 0.3) is 0 Å². The zero-order chi connectivity index (χ0) is 27.9. The molecular weight excluding hydrogens is 492 g/mol. The lowest BCUT2D eigenvalue weighted by Crippen LogP contribution is -2.44. The third-order valence-corrected chi connectivity index (χ3v) is 8.72. The van der Waals surface area contributed by atoms with E-state index in [1.165, 1.54) is 0 Å². The highest BCUT2D eigenvalue weighted by Gasteiger charge is 2.49. The number of nitrogens with two attached hydrogens (primary N) is 1. The smallest absolute Gasteiger partial charge is 0.235 e. The lowest BCUT2D eigenvalue weighted by Gasteiger charge is -2.30. The van der Waals surface area contributed by atoms with Crippen molar-refractivity contribution in [3.8, 4) is 22.3 Å². The van der Waals surface area contributed by atoms with Gasteiger partial charge in [-0.3, -0.25) is 9.59 Å². The quantitative estimate of drug-likeness (QED) is 0.255. The number of carbonyl (C=O) groups is 2. The summed E-state index contributed by atoms with van der Waals surface area (Å²) >= 11 is 0. The number of rotatable bonds is 9. The summed E-state index contributed by atoms with van der Waals surface area (Å²) in [5.74, 6) is -0.412. The van der Waals surface area contributed by atoms with Gasteiger partial charge >= 0.3 is 0 Å². The molecule has 0 bridgehead atoms. The van der Waals surface area contributed by atoms with E-state index in [1.807, 2.05) is 60.7 Å². The molecule has 4 aromatic rings. The molecule has 1 atom stereocenters. The molecule has 4 nitrogen and oxygen atoms in total. The molecule has 1 unspecified atom stereocenters. The SMILES string of the molecule is C=CCC1(C(=O)NCCc2cccc3c2-c2ccccc2C3(CC=C)C(N)=O)c2ccccc2-c2ccccc21. The number of primary amides is 1. The summed E-state index contributed by atoms with van der Waals surface area (Å²) < 4.78 is 0. The van der Waals surface area contributed by atoms with Crippen LogP contribution in [0.15, 0.2) is 116 Å². The Labute approximate surface area is 235 Å². The van der Waals surface area contributed by atoms with Crippen molar-refractivity contribution in [2.24, 2.45) is 5.73 Å². The Morgan fingerprint density at radius 3 is 1.75 bits per heavy atom. The van der Waals surface area contributed by atoms with Crippen LogP contribution in [0, 0.1) is 0 Å². The molecular formula is C36H32N2O2. The molecule has 0 heterocycles. The molecule has 0 spiro atoms. The number of amides is 2. The molecule has 40 heavy (non-hydrogen) atoms. The van der Waals surface area contributed by atoms with Crippen LogP contribution in [0.5, 0.6) is 0 Å². The second-order valence-electron chi connectivity index (χ2n) is 10.6. The minimum atomic E-state index is -0.946. The first kappa shape index (κ1) is 25.6. The van der Waals surface area contributed by atoms with Crippen LogP contribution in [0.2, 0.25) is 0 Å². The molecule has 0 saturated carbocycles. The van der Waals surface area contributed by atoms with Gasteiger partial charge in [-0.05, 0) is 69.3 Å². The van der Waals surface area contributed by atoms with Crippen molar-refractivity contribution in [1.82, 2.24) is 5.32 Å². The Bertz CT molecular complexity index is 1640. The molecule has 4 aromatic carbocycles. The minimum absolute atomic E-state index is 0.0316. The van der Waals surface area contributed by atoms with E-state index in [0.717, 1.165) is 50.1 Å². The number of hydrogen-bond donors (Lipinski definition) is 2. The second-order valence-corrected chi connectivity index (χ2v) is 10.6. The van der Waals surface area contributed by atoms with Gasteiger partial charge in [-0.25, -0.2) is 0 Å². The maximum atomic E-state index is 14.2. The van der Waals surface area contributed by atoms with Crippen molar-refractivity contribution >= 4 is 11.8 Å². The number of fused-ring (bicyclic) bond motifs is 6. The first-order valence-corrected chi connectivity index (χ1v) is 13.7. The number of nitrogens with one attached hydrogen (secondary N) is 1. The fraction of sp³-hybridized carbons (Fsp3) is 0.167. The van der Waals surface area contributed by atoms with Gasteiger partial charge in [0.05, 0.1) is 0 Å². The van der Waals surface area contributed by atoms with Crippen LogP contribution in [0.3, 0.4) is 0 Å². The minimum Gasteiger partial charge on any atom is -0.369 e. The van der Waals surface area contributed by atoms with E-state index in [0.29, 0.717) is 25.8 Å². The molecule has 2 aliphatic rings. The predicted molar refractivity (Wildman–Crippen MR) is 161 cm³/mol. The fourth-order valence-corrected chi connectivity index (χ4v) is 7.06. The van der Waals surface area contributed by atoms with Crippen molar-refractivity contribution in [2.75, 3.05) is 6.54 Å². The van der Waals surface area contributed by atoms with Gasteiger partial charge in [-0.15, -0.1) is 13.2 Å². The normalized spacial score (nSPS) is 17.2. The van der Waals surface area contributed by atoms with Gasteiger partial charge in [0.2, 0.25) is 11.8 Å². The second kappa shape index (κ2) is 9.80. The van der Waals surface area contributed by atoms with Gasteiger partial charge in [0.15, 0.2) is 0 Å². The first-order valence-electron chi connectivity index (χ1n) is 13.7. The lowest BCUT2D eigenvalue weighted by molar-refractivity contribution is -0.125. The third-order valence-electron chi connectivity index (χ3n) is 8.72. The first-order chi connectivity index (χ1) is 19.5. The van der Waals surface area contributed by atoms with E-state index >= 15 is 0 Å². The van der Waals surface area contributed by atoms with Crippen LogP contribution < -0.4 is 11.1 Å². The summed E-state index contributed by atoms with van der Waals surface area (Å²) in [5.41, 5.74) is 13.5. The topological polar surface area (TPSA) is 72.2 Å². The Balaban J connectivity index is 1.35. The van der Waals surface area contributed by atoms with Gasteiger partial charge in [0.1, 0.15) is 10.8 Å². The van der Waals surface area contributed by atoms with Crippen LogP contribution >= 0.6 is 0 Å². The number of hydrogen-bond acceptors (Lipinski definition) is 2. The van der Waals surface area contributed by atoms with E-state index in [4.69, 9.17) is 5.73 Å². The van der Waals surface area contributed by atoms with Crippen LogP contribution in [0.25, 0.3) is 22.3 Å². The lowest BCUT2D eigenvalue weighted by atomic mass is 9.74. The van der Waals surface area contributed by atoms with Gasteiger partial charge < -0.3 is 11.1 Å². The molecule has 6 rings (SSSR count). The van der Waals surface area contributed by atoms with Crippen LogP contribution in [0.1, 0.15) is 40.7 Å². The summed E-state index contributed by atoms with van der Waals surface area (Å²) in [4.78, 5) is 27.2. The summed E-state index contributed by atoms with van der Waals surface area (Å²) in [6.45, 7) is 8.37. The summed E-state index contributed by atoms with van der Waals surface area (Å²) in [7, 11) is 0. The number of allylic oxidation sites excluding steroid dienone is 2. The maximum Gasteiger partial charge on any atom is 0.235 e. The standard InChI is InChI=1S/C36H32N2O2/c1-3-21-35(33(37)39)30-18-10-7-15-27(30)32-24(12-11-19-31(32)35)20-23-38-34(40)36(22-4-2)28-16-8-5-13-25(28)26-14-6-9-17-29(26)36/h3-19H,1-2,20-23H2,(H2,37,39)(H,38,40). The monoisotopic (exact) mass is 524 g/mol. The molecule has 2 amide bonds.